The first kappa shape index (κ1) is 18.5. The SMILES string of the molecule is CC(C)=CCCC(C)=CCOc1ccc2c3c(c(=O)oc2c1)CCCC3. The number of rotatable bonds is 6. The Kier molecular flexibility index (Phi) is 5.97. The number of allylic oxidation sites excluding steroid dienone is 3. The van der Waals surface area contributed by atoms with Crippen LogP contribution >= 0.6 is 0 Å². The van der Waals surface area contributed by atoms with Crippen molar-refractivity contribution in [2.24, 2.45) is 0 Å². The zero-order chi connectivity index (χ0) is 18.5. The van der Waals surface area contributed by atoms with Gasteiger partial charge in [-0.1, -0.05) is 17.2 Å². The minimum atomic E-state index is -0.181. The van der Waals surface area contributed by atoms with Gasteiger partial charge in [-0.3, -0.25) is 0 Å². The third-order valence-electron chi connectivity index (χ3n) is 4.97. The number of aryl methyl sites for hydroxylation is 1. The zero-order valence-electron chi connectivity index (χ0n) is 16.1. The molecule has 0 N–H and O–H groups in total. The summed E-state index contributed by atoms with van der Waals surface area (Å²) in [6, 6.07) is 5.85. The van der Waals surface area contributed by atoms with E-state index in [2.05, 4.69) is 32.9 Å². The Morgan fingerprint density at radius 3 is 2.65 bits per heavy atom. The second-order valence-electron chi connectivity index (χ2n) is 7.39. The van der Waals surface area contributed by atoms with Crippen molar-refractivity contribution in [3.05, 3.63) is 63.0 Å². The predicted molar refractivity (Wildman–Crippen MR) is 107 cm³/mol. The molecule has 0 radical (unpaired) electrons. The van der Waals surface area contributed by atoms with E-state index >= 15 is 0 Å². The first-order valence-corrected chi connectivity index (χ1v) is 9.55. The Bertz CT molecular complexity index is 896. The van der Waals surface area contributed by atoms with Crippen LogP contribution in [0.2, 0.25) is 0 Å². The van der Waals surface area contributed by atoms with Gasteiger partial charge in [-0.2, -0.15) is 0 Å². The molecule has 0 aliphatic heterocycles. The van der Waals surface area contributed by atoms with E-state index in [1.165, 1.54) is 16.7 Å². The number of hydrogen-bond acceptors (Lipinski definition) is 3. The maximum absolute atomic E-state index is 12.2. The van der Waals surface area contributed by atoms with Crippen LogP contribution < -0.4 is 10.4 Å². The third-order valence-corrected chi connectivity index (χ3v) is 4.97. The summed E-state index contributed by atoms with van der Waals surface area (Å²) in [6.07, 6.45) is 10.5. The number of ether oxygens (including phenoxy) is 1. The molecule has 0 fully saturated rings. The van der Waals surface area contributed by atoms with E-state index in [0.29, 0.717) is 12.2 Å². The molecule has 1 aromatic carbocycles. The number of benzene rings is 1. The van der Waals surface area contributed by atoms with Crippen molar-refractivity contribution >= 4 is 11.0 Å². The molecule has 0 atom stereocenters. The molecule has 3 heteroatoms. The largest absolute Gasteiger partial charge is 0.489 e. The summed E-state index contributed by atoms with van der Waals surface area (Å²) in [5.41, 5.74) is 5.17. The van der Waals surface area contributed by atoms with E-state index in [0.717, 1.165) is 55.2 Å². The van der Waals surface area contributed by atoms with Crippen LogP contribution in [0.3, 0.4) is 0 Å². The first-order valence-electron chi connectivity index (χ1n) is 9.55. The average Bonchev–Trinajstić information content (AvgIpc) is 2.61. The van der Waals surface area contributed by atoms with Crippen LogP contribution in [0.15, 0.2) is 50.7 Å². The quantitative estimate of drug-likeness (QED) is 0.491. The summed E-state index contributed by atoms with van der Waals surface area (Å²) in [7, 11) is 0. The molecule has 0 saturated heterocycles. The molecular formula is C23H28O3. The van der Waals surface area contributed by atoms with Crippen molar-refractivity contribution in [3.8, 4) is 5.75 Å². The van der Waals surface area contributed by atoms with Gasteiger partial charge in [-0.25, -0.2) is 4.79 Å². The van der Waals surface area contributed by atoms with Crippen molar-refractivity contribution in [2.75, 3.05) is 6.61 Å². The van der Waals surface area contributed by atoms with Crippen LogP contribution in [0.5, 0.6) is 5.75 Å². The molecule has 0 unspecified atom stereocenters. The Morgan fingerprint density at radius 1 is 1.12 bits per heavy atom. The molecule has 0 saturated carbocycles. The lowest BCUT2D eigenvalue weighted by molar-refractivity contribution is 0.361. The van der Waals surface area contributed by atoms with Crippen molar-refractivity contribution in [3.63, 3.8) is 0 Å². The van der Waals surface area contributed by atoms with E-state index in [-0.39, 0.29) is 5.63 Å². The summed E-state index contributed by atoms with van der Waals surface area (Å²) in [6.45, 7) is 6.91. The maximum atomic E-state index is 12.2. The van der Waals surface area contributed by atoms with Gasteiger partial charge in [0.25, 0.3) is 0 Å². The van der Waals surface area contributed by atoms with Crippen molar-refractivity contribution < 1.29 is 9.15 Å². The van der Waals surface area contributed by atoms with E-state index in [1.807, 2.05) is 18.2 Å². The van der Waals surface area contributed by atoms with E-state index in [1.54, 1.807) is 0 Å². The zero-order valence-corrected chi connectivity index (χ0v) is 16.1. The molecule has 1 aromatic heterocycles. The highest BCUT2D eigenvalue weighted by Crippen LogP contribution is 2.29. The van der Waals surface area contributed by atoms with Gasteiger partial charge >= 0.3 is 5.63 Å². The fourth-order valence-corrected chi connectivity index (χ4v) is 3.49. The Balaban J connectivity index is 1.70. The summed E-state index contributed by atoms with van der Waals surface area (Å²) >= 11 is 0. The second kappa shape index (κ2) is 8.39. The lowest BCUT2D eigenvalue weighted by Crippen LogP contribution is -2.15. The van der Waals surface area contributed by atoms with Gasteiger partial charge < -0.3 is 9.15 Å². The molecule has 0 spiro atoms. The van der Waals surface area contributed by atoms with E-state index < -0.39 is 0 Å². The van der Waals surface area contributed by atoms with Gasteiger partial charge in [0.1, 0.15) is 17.9 Å². The van der Waals surface area contributed by atoms with E-state index in [4.69, 9.17) is 9.15 Å². The fraction of sp³-hybridized carbons (Fsp3) is 0.435. The summed E-state index contributed by atoms with van der Waals surface area (Å²) in [4.78, 5) is 12.2. The minimum Gasteiger partial charge on any atom is -0.489 e. The van der Waals surface area contributed by atoms with Crippen molar-refractivity contribution in [1.29, 1.82) is 0 Å². The Hall–Kier alpha value is -2.29. The van der Waals surface area contributed by atoms with Crippen molar-refractivity contribution in [2.45, 2.75) is 59.3 Å². The monoisotopic (exact) mass is 352 g/mol. The summed E-state index contributed by atoms with van der Waals surface area (Å²) < 4.78 is 11.4. The molecule has 0 amide bonds. The number of fused-ring (bicyclic) bond motifs is 3. The molecule has 1 aliphatic rings. The highest BCUT2D eigenvalue weighted by molar-refractivity contribution is 5.82. The number of hydrogen-bond donors (Lipinski definition) is 0. The maximum Gasteiger partial charge on any atom is 0.339 e. The van der Waals surface area contributed by atoms with Gasteiger partial charge in [0, 0.05) is 17.0 Å². The summed E-state index contributed by atoms with van der Waals surface area (Å²) in [5.74, 6) is 0.741. The van der Waals surface area contributed by atoms with Crippen molar-refractivity contribution in [1.82, 2.24) is 0 Å². The van der Waals surface area contributed by atoms with Crippen LogP contribution in [-0.2, 0) is 12.8 Å². The Morgan fingerprint density at radius 2 is 1.88 bits per heavy atom. The molecule has 2 aromatic rings. The van der Waals surface area contributed by atoms with Gasteiger partial charge in [0.2, 0.25) is 0 Å². The third kappa shape index (κ3) is 4.46. The fourth-order valence-electron chi connectivity index (χ4n) is 3.49. The topological polar surface area (TPSA) is 39.4 Å². The molecule has 3 nitrogen and oxygen atoms in total. The van der Waals surface area contributed by atoms with Gasteiger partial charge in [-0.05, 0) is 83.1 Å². The van der Waals surface area contributed by atoms with Gasteiger partial charge in [-0.15, -0.1) is 0 Å². The standard InChI is InChI=1S/C23H28O3/c1-16(2)7-6-8-17(3)13-14-25-18-11-12-20-19-9-4-5-10-21(19)23(24)26-22(20)15-18/h7,11-13,15H,4-6,8-10,14H2,1-3H3. The molecule has 138 valence electrons. The van der Waals surface area contributed by atoms with Crippen LogP contribution in [0.25, 0.3) is 11.0 Å². The minimum absolute atomic E-state index is 0.181. The van der Waals surface area contributed by atoms with Gasteiger partial charge in [0.05, 0.1) is 0 Å². The van der Waals surface area contributed by atoms with Gasteiger partial charge in [0.15, 0.2) is 0 Å². The normalized spacial score (nSPS) is 14.2. The van der Waals surface area contributed by atoms with Crippen LogP contribution in [0.1, 0.15) is 57.6 Å². The smallest absolute Gasteiger partial charge is 0.339 e. The predicted octanol–water partition coefficient (Wildman–Crippen LogP) is 5.74. The van der Waals surface area contributed by atoms with E-state index in [9.17, 15) is 4.79 Å². The van der Waals surface area contributed by atoms with Crippen LogP contribution in [0.4, 0.5) is 0 Å². The average molecular weight is 352 g/mol. The second-order valence-corrected chi connectivity index (χ2v) is 7.39. The molecule has 0 bridgehead atoms. The molecule has 1 heterocycles. The first-order chi connectivity index (χ1) is 12.5. The molecule has 3 rings (SSSR count). The molecule has 26 heavy (non-hydrogen) atoms. The summed E-state index contributed by atoms with van der Waals surface area (Å²) in [5, 5.41) is 1.06. The highest BCUT2D eigenvalue weighted by Gasteiger charge is 2.18. The lowest BCUT2D eigenvalue weighted by Gasteiger charge is -2.16. The van der Waals surface area contributed by atoms with Crippen LogP contribution in [-0.4, -0.2) is 6.61 Å². The molecule has 1 aliphatic carbocycles. The molecular weight excluding hydrogens is 324 g/mol. The Labute approximate surface area is 155 Å². The lowest BCUT2D eigenvalue weighted by atomic mass is 9.91. The van der Waals surface area contributed by atoms with Crippen LogP contribution in [0, 0.1) is 0 Å². The highest BCUT2D eigenvalue weighted by atomic mass is 16.5.